The highest BCUT2D eigenvalue weighted by atomic mass is 19.4. The van der Waals surface area contributed by atoms with E-state index in [-0.39, 0.29) is 5.75 Å². The number of carboxylic acid groups (broad SMARTS) is 1. The molecule has 0 radical (unpaired) electrons. The molecule has 0 bridgehead atoms. The predicted molar refractivity (Wildman–Crippen MR) is 125 cm³/mol. The third-order valence-electron chi connectivity index (χ3n) is 7.17. The number of hydrogen-bond donors (Lipinski definition) is 2. The van der Waals surface area contributed by atoms with E-state index in [1.54, 1.807) is 12.1 Å². The second-order valence-electron chi connectivity index (χ2n) is 9.45. The van der Waals surface area contributed by atoms with Crippen LogP contribution in [0.5, 0.6) is 5.75 Å². The molecular formula is C26H31F3N2O4. The van der Waals surface area contributed by atoms with Gasteiger partial charge in [-0.05, 0) is 30.0 Å². The van der Waals surface area contributed by atoms with E-state index in [0.717, 1.165) is 24.8 Å². The van der Waals surface area contributed by atoms with Crippen LogP contribution < -0.4 is 4.74 Å². The predicted octanol–water partition coefficient (Wildman–Crippen LogP) is 5.33. The van der Waals surface area contributed by atoms with Crippen LogP contribution in [0.4, 0.5) is 18.0 Å². The van der Waals surface area contributed by atoms with Crippen LogP contribution in [-0.2, 0) is 0 Å². The molecule has 35 heavy (non-hydrogen) atoms. The van der Waals surface area contributed by atoms with E-state index in [2.05, 4.69) is 4.74 Å². The number of ether oxygens (including phenoxy) is 1. The minimum Gasteiger partial charge on any atom is -0.465 e. The molecule has 1 saturated heterocycles. The summed E-state index contributed by atoms with van der Waals surface area (Å²) in [6.45, 7) is 1.87. The van der Waals surface area contributed by atoms with Crippen molar-refractivity contribution >= 4 is 6.09 Å². The van der Waals surface area contributed by atoms with Crippen molar-refractivity contribution in [2.75, 3.05) is 32.7 Å². The minimum absolute atomic E-state index is 0.299. The molecule has 2 fully saturated rings. The van der Waals surface area contributed by atoms with Gasteiger partial charge < -0.3 is 19.8 Å². The molecule has 1 saturated carbocycles. The van der Waals surface area contributed by atoms with Gasteiger partial charge in [-0.1, -0.05) is 61.7 Å². The first-order chi connectivity index (χ1) is 16.6. The molecule has 1 amide bonds. The molecule has 0 aromatic heterocycles. The number of rotatable bonds is 6. The van der Waals surface area contributed by atoms with Gasteiger partial charge in [0.1, 0.15) is 5.75 Å². The standard InChI is InChI=1S/C26H31F3N2O4/c27-26(28,29)35-23-17-20(19-7-3-1-4-8-19)9-10-21(23)22(25(34)11-5-2-6-12-25)18-30-13-15-31(16-14-30)24(32)33/h1,3-4,7-10,17,22,34H,2,5-6,11-16,18H2,(H,32,33). The zero-order chi connectivity index (χ0) is 25.1. The van der Waals surface area contributed by atoms with Crippen LogP contribution in [-0.4, -0.2) is 70.8 Å². The van der Waals surface area contributed by atoms with Crippen molar-refractivity contribution in [3.05, 3.63) is 54.1 Å². The second kappa shape index (κ2) is 10.5. The van der Waals surface area contributed by atoms with Crippen LogP contribution in [0.25, 0.3) is 11.1 Å². The average Bonchev–Trinajstić information content (AvgIpc) is 2.83. The summed E-state index contributed by atoms with van der Waals surface area (Å²) in [6.07, 6.45) is -2.28. The number of nitrogens with zero attached hydrogens (tertiary/aromatic N) is 2. The highest BCUT2D eigenvalue weighted by molar-refractivity contribution is 5.66. The van der Waals surface area contributed by atoms with Crippen molar-refractivity contribution in [3.63, 3.8) is 0 Å². The van der Waals surface area contributed by atoms with E-state index in [4.69, 9.17) is 0 Å². The SMILES string of the molecule is O=C(O)N1CCN(CC(c2ccc(-c3ccccc3)cc2OC(F)(F)F)C2(O)CCCCC2)CC1. The van der Waals surface area contributed by atoms with Crippen LogP contribution >= 0.6 is 0 Å². The fourth-order valence-corrected chi connectivity index (χ4v) is 5.30. The molecule has 1 heterocycles. The largest absolute Gasteiger partial charge is 0.573 e. The van der Waals surface area contributed by atoms with E-state index in [0.29, 0.717) is 56.7 Å². The van der Waals surface area contributed by atoms with Crippen LogP contribution in [0.15, 0.2) is 48.5 Å². The Balaban J connectivity index is 1.70. The number of aliphatic hydroxyl groups is 1. The third kappa shape index (κ3) is 6.27. The first kappa shape index (κ1) is 25.3. The Kier molecular flexibility index (Phi) is 7.56. The van der Waals surface area contributed by atoms with Crippen molar-refractivity contribution in [2.45, 2.75) is 50.0 Å². The van der Waals surface area contributed by atoms with Gasteiger partial charge in [0, 0.05) is 44.2 Å². The lowest BCUT2D eigenvalue weighted by Gasteiger charge is -2.43. The van der Waals surface area contributed by atoms with Gasteiger partial charge in [0.15, 0.2) is 0 Å². The second-order valence-corrected chi connectivity index (χ2v) is 9.45. The lowest BCUT2D eigenvalue weighted by atomic mass is 9.72. The normalized spacial score (nSPS) is 19.8. The molecule has 2 aromatic carbocycles. The molecule has 4 rings (SSSR count). The van der Waals surface area contributed by atoms with Gasteiger partial charge in [-0.15, -0.1) is 13.2 Å². The Morgan fingerprint density at radius 3 is 2.23 bits per heavy atom. The summed E-state index contributed by atoms with van der Waals surface area (Å²) < 4.78 is 45.0. The first-order valence-corrected chi connectivity index (χ1v) is 12.0. The maximum Gasteiger partial charge on any atom is 0.573 e. The van der Waals surface area contributed by atoms with E-state index >= 15 is 0 Å². The van der Waals surface area contributed by atoms with E-state index in [9.17, 15) is 28.2 Å². The molecule has 9 heteroatoms. The van der Waals surface area contributed by atoms with Crippen molar-refractivity contribution in [2.24, 2.45) is 0 Å². The van der Waals surface area contributed by atoms with Gasteiger partial charge in [-0.2, -0.15) is 0 Å². The van der Waals surface area contributed by atoms with Crippen molar-refractivity contribution in [3.8, 4) is 16.9 Å². The highest BCUT2D eigenvalue weighted by Gasteiger charge is 2.43. The zero-order valence-electron chi connectivity index (χ0n) is 19.5. The Bertz CT molecular complexity index is 1000. The Morgan fingerprint density at radius 2 is 1.63 bits per heavy atom. The lowest BCUT2D eigenvalue weighted by Crippen LogP contribution is -2.52. The van der Waals surface area contributed by atoms with Crippen LogP contribution in [0.3, 0.4) is 0 Å². The van der Waals surface area contributed by atoms with E-state index < -0.39 is 24.0 Å². The first-order valence-electron chi connectivity index (χ1n) is 12.0. The Hall–Kier alpha value is -2.78. The molecule has 2 aliphatic rings. The van der Waals surface area contributed by atoms with Gasteiger partial charge in [0.05, 0.1) is 5.60 Å². The van der Waals surface area contributed by atoms with Gasteiger partial charge >= 0.3 is 12.5 Å². The number of hydrogen-bond acceptors (Lipinski definition) is 4. The Morgan fingerprint density at radius 1 is 0.971 bits per heavy atom. The summed E-state index contributed by atoms with van der Waals surface area (Å²) in [5.41, 5.74) is 0.522. The summed E-state index contributed by atoms with van der Waals surface area (Å²) in [6, 6.07) is 13.9. The summed E-state index contributed by atoms with van der Waals surface area (Å²) in [5, 5.41) is 20.9. The molecular weight excluding hydrogens is 461 g/mol. The number of amides is 1. The summed E-state index contributed by atoms with van der Waals surface area (Å²) in [7, 11) is 0. The summed E-state index contributed by atoms with van der Waals surface area (Å²) in [5.74, 6) is -0.909. The molecule has 1 aliphatic heterocycles. The third-order valence-corrected chi connectivity index (χ3v) is 7.17. The molecule has 6 nitrogen and oxygen atoms in total. The maximum atomic E-state index is 13.5. The van der Waals surface area contributed by atoms with Gasteiger partial charge in [0.25, 0.3) is 0 Å². The molecule has 1 atom stereocenters. The number of halogens is 3. The fraction of sp³-hybridized carbons (Fsp3) is 0.500. The minimum atomic E-state index is -4.88. The lowest BCUT2D eigenvalue weighted by molar-refractivity contribution is -0.275. The van der Waals surface area contributed by atoms with Crippen molar-refractivity contribution < 1.29 is 32.9 Å². The average molecular weight is 493 g/mol. The maximum absolute atomic E-state index is 13.5. The molecule has 1 aliphatic carbocycles. The summed E-state index contributed by atoms with van der Waals surface area (Å²) >= 11 is 0. The molecule has 0 spiro atoms. The Labute approximate surface area is 202 Å². The quantitative estimate of drug-likeness (QED) is 0.571. The number of alkyl halides is 3. The number of carbonyl (C=O) groups is 1. The highest BCUT2D eigenvalue weighted by Crippen LogP contribution is 2.45. The molecule has 1 unspecified atom stereocenters. The van der Waals surface area contributed by atoms with Gasteiger partial charge in [-0.25, -0.2) is 4.79 Å². The van der Waals surface area contributed by atoms with Crippen LogP contribution in [0.2, 0.25) is 0 Å². The van der Waals surface area contributed by atoms with Crippen LogP contribution in [0, 0.1) is 0 Å². The molecule has 2 aromatic rings. The van der Waals surface area contributed by atoms with E-state index in [1.807, 2.05) is 35.2 Å². The van der Waals surface area contributed by atoms with E-state index in [1.165, 1.54) is 11.0 Å². The zero-order valence-corrected chi connectivity index (χ0v) is 19.5. The fourth-order valence-electron chi connectivity index (χ4n) is 5.30. The van der Waals surface area contributed by atoms with Gasteiger partial charge in [-0.3, -0.25) is 4.90 Å². The molecule has 190 valence electrons. The smallest absolute Gasteiger partial charge is 0.465 e. The summed E-state index contributed by atoms with van der Waals surface area (Å²) in [4.78, 5) is 14.6. The topological polar surface area (TPSA) is 73.2 Å². The number of benzene rings is 2. The monoisotopic (exact) mass is 492 g/mol. The van der Waals surface area contributed by atoms with Crippen molar-refractivity contribution in [1.82, 2.24) is 9.80 Å². The van der Waals surface area contributed by atoms with Crippen LogP contribution in [0.1, 0.15) is 43.6 Å². The molecule has 2 N–H and O–H groups in total. The van der Waals surface area contributed by atoms with Crippen molar-refractivity contribution in [1.29, 1.82) is 0 Å². The number of piperazine rings is 1. The van der Waals surface area contributed by atoms with Gasteiger partial charge in [0.2, 0.25) is 0 Å².